The first-order valence-electron chi connectivity index (χ1n) is 11.2. The SMILES string of the molecule is Cc1cc(C(=O)N2CCN(CCNC(=O)C34CC5CC(CC(C5)C3)C4)CC2)no1. The van der Waals surface area contributed by atoms with Crippen LogP contribution in [0.4, 0.5) is 0 Å². The normalized spacial score (nSPS) is 33.8. The molecule has 0 aromatic carbocycles. The van der Waals surface area contributed by atoms with E-state index in [-0.39, 0.29) is 11.3 Å². The van der Waals surface area contributed by atoms with Crippen molar-refractivity contribution >= 4 is 11.8 Å². The van der Waals surface area contributed by atoms with Crippen molar-refractivity contribution in [3.63, 3.8) is 0 Å². The van der Waals surface area contributed by atoms with Gasteiger partial charge in [0.2, 0.25) is 5.91 Å². The van der Waals surface area contributed by atoms with Crippen LogP contribution in [0.25, 0.3) is 0 Å². The molecule has 1 aliphatic heterocycles. The molecule has 29 heavy (non-hydrogen) atoms. The highest BCUT2D eigenvalue weighted by Crippen LogP contribution is 2.60. The summed E-state index contributed by atoms with van der Waals surface area (Å²) in [5, 5.41) is 7.09. The van der Waals surface area contributed by atoms with Gasteiger partial charge < -0.3 is 14.7 Å². The van der Waals surface area contributed by atoms with E-state index in [0.29, 0.717) is 37.0 Å². The number of piperazine rings is 1. The second kappa shape index (κ2) is 7.42. The summed E-state index contributed by atoms with van der Waals surface area (Å²) >= 11 is 0. The predicted molar refractivity (Wildman–Crippen MR) is 107 cm³/mol. The van der Waals surface area contributed by atoms with E-state index in [1.54, 1.807) is 13.0 Å². The molecule has 4 saturated carbocycles. The Morgan fingerprint density at radius 2 is 1.72 bits per heavy atom. The Kier molecular flexibility index (Phi) is 4.88. The summed E-state index contributed by atoms with van der Waals surface area (Å²) in [5.41, 5.74) is 0.328. The fourth-order valence-electron chi connectivity index (χ4n) is 6.71. The molecule has 158 valence electrons. The summed E-state index contributed by atoms with van der Waals surface area (Å²) in [5.74, 6) is 3.30. The molecule has 0 unspecified atom stereocenters. The van der Waals surface area contributed by atoms with E-state index < -0.39 is 0 Å². The molecule has 0 spiro atoms. The molecule has 7 nitrogen and oxygen atoms in total. The Labute approximate surface area is 172 Å². The zero-order valence-electron chi connectivity index (χ0n) is 17.4. The van der Waals surface area contributed by atoms with Gasteiger partial charge in [0.15, 0.2) is 5.69 Å². The summed E-state index contributed by atoms with van der Waals surface area (Å²) in [7, 11) is 0. The molecule has 2 heterocycles. The molecule has 1 aromatic rings. The fraction of sp³-hybridized carbons (Fsp3) is 0.773. The predicted octanol–water partition coefficient (Wildman–Crippen LogP) is 2.07. The molecule has 5 fully saturated rings. The van der Waals surface area contributed by atoms with Crippen molar-refractivity contribution < 1.29 is 14.1 Å². The molecular formula is C22H32N4O3. The van der Waals surface area contributed by atoms with E-state index in [9.17, 15) is 9.59 Å². The van der Waals surface area contributed by atoms with Gasteiger partial charge in [0.1, 0.15) is 5.76 Å². The van der Waals surface area contributed by atoms with Crippen molar-refractivity contribution in [3.05, 3.63) is 17.5 Å². The quantitative estimate of drug-likeness (QED) is 0.819. The van der Waals surface area contributed by atoms with Crippen LogP contribution in [0.3, 0.4) is 0 Å². The van der Waals surface area contributed by atoms with Crippen LogP contribution in [0.2, 0.25) is 0 Å². The topological polar surface area (TPSA) is 78.7 Å². The standard InChI is InChI=1S/C22H32N4O3/c1-15-8-19(24-29-15)20(27)26-6-4-25(5-7-26)3-2-23-21(28)22-12-16-9-17(13-22)11-18(10-16)14-22/h8,16-18H,2-7,9-14H2,1H3,(H,23,28). The summed E-state index contributed by atoms with van der Waals surface area (Å²) < 4.78 is 5.01. The number of aromatic nitrogens is 1. The monoisotopic (exact) mass is 400 g/mol. The van der Waals surface area contributed by atoms with E-state index in [4.69, 9.17) is 4.52 Å². The zero-order valence-corrected chi connectivity index (χ0v) is 17.4. The van der Waals surface area contributed by atoms with Gasteiger partial charge >= 0.3 is 0 Å². The largest absolute Gasteiger partial charge is 0.361 e. The number of nitrogens with zero attached hydrogens (tertiary/aromatic N) is 3. The molecule has 5 aliphatic rings. The van der Waals surface area contributed by atoms with E-state index >= 15 is 0 Å². The van der Waals surface area contributed by atoms with Crippen LogP contribution >= 0.6 is 0 Å². The van der Waals surface area contributed by atoms with Crippen molar-refractivity contribution in [2.24, 2.45) is 23.2 Å². The maximum atomic E-state index is 13.0. The van der Waals surface area contributed by atoms with Gasteiger partial charge in [0, 0.05) is 50.7 Å². The second-order valence-corrected chi connectivity index (χ2v) is 9.91. The number of carbonyl (C=O) groups is 2. The van der Waals surface area contributed by atoms with Gasteiger partial charge in [-0.25, -0.2) is 0 Å². The summed E-state index contributed by atoms with van der Waals surface area (Å²) in [6.07, 6.45) is 7.45. The van der Waals surface area contributed by atoms with Gasteiger partial charge in [-0.15, -0.1) is 0 Å². The zero-order chi connectivity index (χ0) is 20.0. The Hall–Kier alpha value is -1.89. The molecule has 7 heteroatoms. The van der Waals surface area contributed by atoms with Crippen LogP contribution in [0.1, 0.15) is 54.8 Å². The van der Waals surface area contributed by atoms with E-state index in [0.717, 1.165) is 56.7 Å². The van der Waals surface area contributed by atoms with Crippen LogP contribution in [-0.2, 0) is 4.79 Å². The maximum Gasteiger partial charge on any atom is 0.276 e. The number of aryl methyl sites for hydroxylation is 1. The van der Waals surface area contributed by atoms with Gasteiger partial charge in [-0.1, -0.05) is 5.16 Å². The number of hydrogen-bond acceptors (Lipinski definition) is 5. The molecule has 1 N–H and O–H groups in total. The van der Waals surface area contributed by atoms with Crippen LogP contribution in [0.15, 0.2) is 10.6 Å². The molecule has 4 bridgehead atoms. The lowest BCUT2D eigenvalue weighted by Crippen LogP contribution is -2.55. The summed E-state index contributed by atoms with van der Waals surface area (Å²) in [4.78, 5) is 29.7. The number of amides is 2. The van der Waals surface area contributed by atoms with Gasteiger partial charge in [0.25, 0.3) is 5.91 Å². The first kappa shape index (κ1) is 19.1. The summed E-state index contributed by atoms with van der Waals surface area (Å²) in [6.45, 7) is 6.38. The third-order valence-electron chi connectivity index (χ3n) is 7.74. The number of rotatable bonds is 5. The van der Waals surface area contributed by atoms with Gasteiger partial charge in [-0.05, 0) is 63.2 Å². The van der Waals surface area contributed by atoms with Crippen LogP contribution in [0.5, 0.6) is 0 Å². The molecule has 0 atom stereocenters. The number of hydrogen-bond donors (Lipinski definition) is 1. The minimum absolute atomic E-state index is 0.0587. The molecule has 1 saturated heterocycles. The average Bonchev–Trinajstić information content (AvgIpc) is 3.13. The Morgan fingerprint density at radius 3 is 2.28 bits per heavy atom. The van der Waals surface area contributed by atoms with Crippen molar-refractivity contribution in [2.75, 3.05) is 39.3 Å². The van der Waals surface area contributed by atoms with E-state index in [1.165, 1.54) is 19.3 Å². The Balaban J connectivity index is 1.07. The van der Waals surface area contributed by atoms with E-state index in [1.807, 2.05) is 4.90 Å². The minimum Gasteiger partial charge on any atom is -0.361 e. The Morgan fingerprint density at radius 1 is 1.10 bits per heavy atom. The third kappa shape index (κ3) is 3.69. The molecular weight excluding hydrogens is 368 g/mol. The highest BCUT2D eigenvalue weighted by atomic mass is 16.5. The minimum atomic E-state index is -0.0599. The lowest BCUT2D eigenvalue weighted by molar-refractivity contribution is -0.146. The molecule has 4 aliphatic carbocycles. The molecule has 0 radical (unpaired) electrons. The van der Waals surface area contributed by atoms with E-state index in [2.05, 4.69) is 15.4 Å². The third-order valence-corrected chi connectivity index (χ3v) is 7.74. The highest BCUT2D eigenvalue weighted by Gasteiger charge is 2.54. The van der Waals surface area contributed by atoms with Crippen molar-refractivity contribution in [1.29, 1.82) is 0 Å². The van der Waals surface area contributed by atoms with Crippen molar-refractivity contribution in [1.82, 2.24) is 20.3 Å². The fourth-order valence-corrected chi connectivity index (χ4v) is 6.71. The number of carbonyl (C=O) groups excluding carboxylic acids is 2. The Bertz CT molecular complexity index is 745. The first-order chi connectivity index (χ1) is 14.0. The lowest BCUT2D eigenvalue weighted by Gasteiger charge is -2.55. The van der Waals surface area contributed by atoms with Crippen LogP contribution in [-0.4, -0.2) is 66.0 Å². The average molecular weight is 401 g/mol. The maximum absolute atomic E-state index is 13.0. The van der Waals surface area contributed by atoms with Crippen molar-refractivity contribution in [3.8, 4) is 0 Å². The van der Waals surface area contributed by atoms with Gasteiger partial charge in [0.05, 0.1) is 0 Å². The second-order valence-electron chi connectivity index (χ2n) is 9.91. The molecule has 6 rings (SSSR count). The van der Waals surface area contributed by atoms with Gasteiger partial charge in [-0.3, -0.25) is 14.5 Å². The van der Waals surface area contributed by atoms with Gasteiger partial charge in [-0.2, -0.15) is 0 Å². The first-order valence-corrected chi connectivity index (χ1v) is 11.2. The van der Waals surface area contributed by atoms with Crippen LogP contribution < -0.4 is 5.32 Å². The highest BCUT2D eigenvalue weighted by molar-refractivity contribution is 5.92. The van der Waals surface area contributed by atoms with Crippen LogP contribution in [0, 0.1) is 30.1 Å². The lowest BCUT2D eigenvalue weighted by atomic mass is 9.49. The molecule has 1 aromatic heterocycles. The summed E-state index contributed by atoms with van der Waals surface area (Å²) in [6, 6.07) is 1.69. The smallest absolute Gasteiger partial charge is 0.276 e. The number of nitrogens with one attached hydrogen (secondary N) is 1. The molecule has 2 amide bonds. The van der Waals surface area contributed by atoms with Crippen molar-refractivity contribution in [2.45, 2.75) is 45.4 Å².